The lowest BCUT2D eigenvalue weighted by atomic mass is 10.1. The minimum atomic E-state index is 0. The summed E-state index contributed by atoms with van der Waals surface area (Å²) in [6, 6.07) is 5.70. The fourth-order valence-electron chi connectivity index (χ4n) is 2.26. The zero-order valence-electron chi connectivity index (χ0n) is 11.7. The van der Waals surface area contributed by atoms with E-state index in [1.807, 2.05) is 36.7 Å². The molecule has 1 aromatic rings. The molecule has 0 radical (unpaired) electrons. The van der Waals surface area contributed by atoms with Crippen molar-refractivity contribution >= 4 is 40.3 Å². The number of nitrogens with one attached hydrogen (secondary N) is 1. The molecule has 0 bridgehead atoms. The van der Waals surface area contributed by atoms with Crippen molar-refractivity contribution in [2.75, 3.05) is 20.9 Å². The Labute approximate surface area is 139 Å². The van der Waals surface area contributed by atoms with Crippen molar-refractivity contribution in [3.05, 3.63) is 42.2 Å². The molecule has 1 unspecified atom stereocenters. The summed E-state index contributed by atoms with van der Waals surface area (Å²) >= 11 is 5.98. The zero-order valence-corrected chi connectivity index (χ0v) is 14.1. The highest BCUT2D eigenvalue weighted by molar-refractivity contribution is 8.93. The third-order valence-corrected chi connectivity index (χ3v) is 3.51. The van der Waals surface area contributed by atoms with Gasteiger partial charge in [-0.1, -0.05) is 0 Å². The fraction of sp³-hybridized carbons (Fsp3) is 0.214. The number of benzene rings is 1. The normalized spacial score (nSPS) is 19.4. The third kappa shape index (κ3) is 3.07. The third-order valence-electron chi connectivity index (χ3n) is 3.28. The summed E-state index contributed by atoms with van der Waals surface area (Å²) in [6.07, 6.45) is 5.76. The van der Waals surface area contributed by atoms with E-state index >= 15 is 0 Å². The molecular formula is C14H16BrClN3O2+. The number of halogens is 2. The van der Waals surface area contributed by atoms with E-state index in [1.165, 1.54) is 0 Å². The van der Waals surface area contributed by atoms with Gasteiger partial charge in [-0.2, -0.15) is 4.99 Å². The van der Waals surface area contributed by atoms with Crippen molar-refractivity contribution in [3.8, 4) is 11.5 Å². The number of rotatable bonds is 3. The van der Waals surface area contributed by atoms with Crippen LogP contribution >= 0.6 is 28.8 Å². The fourth-order valence-corrected chi connectivity index (χ4v) is 2.44. The predicted octanol–water partition coefficient (Wildman–Crippen LogP) is 1.82. The van der Waals surface area contributed by atoms with Gasteiger partial charge in [-0.25, -0.2) is 9.32 Å². The SMILES string of the molecule is Br.COc1ccc(C2=C[NH+]3CN(Cl)C=CC3=N2)c(OC)c1. The van der Waals surface area contributed by atoms with Gasteiger partial charge in [-0.15, -0.1) is 17.0 Å². The van der Waals surface area contributed by atoms with Gasteiger partial charge in [0.1, 0.15) is 23.4 Å². The number of methoxy groups -OCH3 is 2. The van der Waals surface area contributed by atoms with Crippen LogP contribution in [0.4, 0.5) is 0 Å². The highest BCUT2D eigenvalue weighted by Gasteiger charge is 2.28. The van der Waals surface area contributed by atoms with Crippen LogP contribution in [0, 0.1) is 0 Å². The lowest BCUT2D eigenvalue weighted by Gasteiger charge is -2.19. The van der Waals surface area contributed by atoms with Crippen LogP contribution in [0.1, 0.15) is 5.56 Å². The van der Waals surface area contributed by atoms with Crippen LogP contribution in [-0.2, 0) is 0 Å². The molecule has 3 rings (SSSR count). The summed E-state index contributed by atoms with van der Waals surface area (Å²) in [5.41, 5.74) is 1.82. The van der Waals surface area contributed by atoms with Crippen LogP contribution in [0.25, 0.3) is 5.70 Å². The molecule has 7 heteroatoms. The summed E-state index contributed by atoms with van der Waals surface area (Å²) in [5.74, 6) is 2.45. The molecule has 2 aliphatic heterocycles. The van der Waals surface area contributed by atoms with Gasteiger partial charge in [-0.05, 0) is 12.1 Å². The van der Waals surface area contributed by atoms with Gasteiger partial charge in [0, 0.05) is 35.7 Å². The molecule has 21 heavy (non-hydrogen) atoms. The Morgan fingerprint density at radius 3 is 2.81 bits per heavy atom. The molecule has 0 aliphatic carbocycles. The Kier molecular flexibility index (Phi) is 4.92. The van der Waals surface area contributed by atoms with E-state index in [9.17, 15) is 0 Å². The van der Waals surface area contributed by atoms with Gasteiger partial charge in [-0.3, -0.25) is 0 Å². The van der Waals surface area contributed by atoms with Gasteiger partial charge < -0.3 is 9.47 Å². The minimum absolute atomic E-state index is 0. The van der Waals surface area contributed by atoms with Crippen LogP contribution in [0.15, 0.2) is 41.7 Å². The molecule has 1 atom stereocenters. The number of quaternary nitrogens is 1. The molecule has 0 amide bonds. The monoisotopic (exact) mass is 372 g/mol. The van der Waals surface area contributed by atoms with E-state index in [-0.39, 0.29) is 17.0 Å². The quantitative estimate of drug-likeness (QED) is 0.822. The van der Waals surface area contributed by atoms with Crippen molar-refractivity contribution in [2.45, 2.75) is 0 Å². The van der Waals surface area contributed by atoms with Gasteiger partial charge in [0.25, 0.3) is 0 Å². The van der Waals surface area contributed by atoms with Gasteiger partial charge >= 0.3 is 0 Å². The molecule has 0 fully saturated rings. The van der Waals surface area contributed by atoms with E-state index in [0.29, 0.717) is 6.67 Å². The lowest BCUT2D eigenvalue weighted by molar-refractivity contribution is -0.754. The minimum Gasteiger partial charge on any atom is -0.497 e. The Bertz CT molecular complexity index is 631. The Balaban J connectivity index is 0.00000161. The predicted molar refractivity (Wildman–Crippen MR) is 87.9 cm³/mol. The highest BCUT2D eigenvalue weighted by Crippen LogP contribution is 2.31. The van der Waals surface area contributed by atoms with Crippen molar-refractivity contribution in [3.63, 3.8) is 0 Å². The molecule has 5 nitrogen and oxygen atoms in total. The first-order valence-corrected chi connectivity index (χ1v) is 6.54. The maximum atomic E-state index is 5.98. The van der Waals surface area contributed by atoms with Gasteiger partial charge in [0.05, 0.1) is 14.2 Å². The average Bonchev–Trinajstić information content (AvgIpc) is 2.89. The van der Waals surface area contributed by atoms with Gasteiger partial charge in [0.15, 0.2) is 6.67 Å². The smallest absolute Gasteiger partial charge is 0.234 e. The van der Waals surface area contributed by atoms with E-state index in [4.69, 9.17) is 21.3 Å². The van der Waals surface area contributed by atoms with E-state index in [2.05, 4.69) is 4.99 Å². The van der Waals surface area contributed by atoms with Crippen LogP contribution in [-0.4, -0.2) is 31.1 Å². The van der Waals surface area contributed by atoms with Crippen molar-refractivity contribution in [1.82, 2.24) is 4.42 Å². The summed E-state index contributed by atoms with van der Waals surface area (Å²) in [4.78, 5) is 5.73. The summed E-state index contributed by atoms with van der Waals surface area (Å²) in [6.45, 7) is 0.652. The largest absolute Gasteiger partial charge is 0.497 e. The molecule has 1 aromatic carbocycles. The maximum Gasteiger partial charge on any atom is 0.234 e. The Hall–Kier alpha value is -1.50. The molecule has 2 aliphatic rings. The molecule has 0 saturated carbocycles. The Morgan fingerprint density at radius 2 is 2.10 bits per heavy atom. The summed E-state index contributed by atoms with van der Waals surface area (Å²) in [7, 11) is 3.27. The number of aliphatic imine (C=N–C) groups is 1. The first-order chi connectivity index (χ1) is 9.71. The summed E-state index contributed by atoms with van der Waals surface area (Å²) < 4.78 is 12.2. The first-order valence-electron chi connectivity index (χ1n) is 6.21. The van der Waals surface area contributed by atoms with E-state index < -0.39 is 0 Å². The Morgan fingerprint density at radius 1 is 1.29 bits per heavy atom. The second kappa shape index (κ2) is 6.51. The van der Waals surface area contributed by atoms with Crippen LogP contribution in [0.3, 0.4) is 0 Å². The number of amidine groups is 1. The molecule has 0 spiro atoms. The van der Waals surface area contributed by atoms with Gasteiger partial charge in [0.2, 0.25) is 5.84 Å². The zero-order chi connectivity index (χ0) is 14.1. The number of hydrogen-bond acceptors (Lipinski definition) is 4. The molecule has 0 aromatic heterocycles. The number of hydrogen-bond donors (Lipinski definition) is 1. The number of fused-ring (bicyclic) bond motifs is 1. The van der Waals surface area contributed by atoms with E-state index in [1.54, 1.807) is 18.6 Å². The number of ether oxygens (including phenoxy) is 2. The van der Waals surface area contributed by atoms with Crippen LogP contribution in [0.2, 0.25) is 0 Å². The van der Waals surface area contributed by atoms with Crippen molar-refractivity contribution in [2.24, 2.45) is 4.99 Å². The molecule has 1 N–H and O–H groups in total. The van der Waals surface area contributed by atoms with Crippen molar-refractivity contribution in [1.29, 1.82) is 0 Å². The van der Waals surface area contributed by atoms with Crippen molar-refractivity contribution < 1.29 is 14.4 Å². The highest BCUT2D eigenvalue weighted by atomic mass is 79.9. The van der Waals surface area contributed by atoms with E-state index in [0.717, 1.165) is 33.5 Å². The molecule has 2 heterocycles. The van der Waals surface area contributed by atoms with Crippen LogP contribution in [0.5, 0.6) is 11.5 Å². The maximum absolute atomic E-state index is 5.98. The lowest BCUT2D eigenvalue weighted by Crippen LogP contribution is -3.11. The first kappa shape index (κ1) is 15.9. The average molecular weight is 374 g/mol. The standard InChI is InChI=1S/C14H14ClN3O2.BrH/c1-19-10-3-4-11(13(7-10)20-2)12-8-17-9-18(15)6-5-14(17)16-12;/h3-8H,9H2,1-2H3;1H/p+1. The second-order valence-corrected chi connectivity index (χ2v) is 4.93. The second-order valence-electron chi connectivity index (χ2n) is 4.49. The molecule has 0 saturated heterocycles. The van der Waals surface area contributed by atoms with Crippen LogP contribution < -0.4 is 14.4 Å². The summed E-state index contributed by atoms with van der Waals surface area (Å²) in [5, 5.41) is 0. The molecule has 112 valence electrons. The molecular weight excluding hydrogens is 358 g/mol. The number of nitrogens with zero attached hydrogens (tertiary/aromatic N) is 2. The topological polar surface area (TPSA) is 38.5 Å².